The van der Waals surface area contributed by atoms with Crippen molar-refractivity contribution in [3.05, 3.63) is 304 Å². The highest BCUT2D eigenvalue weighted by atomic mass is 15.1. The summed E-state index contributed by atoms with van der Waals surface area (Å²) in [5, 5.41) is 0. The Labute approximate surface area is 418 Å². The van der Waals surface area contributed by atoms with Gasteiger partial charge in [-0.25, -0.2) is 0 Å². The molecule has 0 unspecified atom stereocenters. The minimum absolute atomic E-state index is 0.0454. The molecule has 0 aromatic heterocycles. The predicted octanol–water partition coefficient (Wildman–Crippen LogP) is 18.4. The van der Waals surface area contributed by atoms with Crippen LogP contribution in [-0.4, -0.2) is 0 Å². The molecule has 0 aliphatic heterocycles. The lowest BCUT2D eigenvalue weighted by Crippen LogP contribution is -2.28. The maximum absolute atomic E-state index is 2.50. The Morgan fingerprint density at radius 1 is 0.310 bits per heavy atom. The number of nitrogens with zero attached hydrogens (tertiary/aromatic N) is 1. The van der Waals surface area contributed by atoms with E-state index < -0.39 is 5.41 Å². The van der Waals surface area contributed by atoms with Crippen molar-refractivity contribution >= 4 is 41.4 Å². The third-order valence-corrected chi connectivity index (χ3v) is 15.7. The second kappa shape index (κ2) is 17.8. The maximum atomic E-state index is 2.50. The number of para-hydroxylation sites is 2. The second-order valence-electron chi connectivity index (χ2n) is 19.5. The smallest absolute Gasteiger partial charge is 0.0713 e. The van der Waals surface area contributed by atoms with E-state index in [0.29, 0.717) is 0 Å². The minimum Gasteiger partial charge on any atom is -0.310 e. The van der Waals surface area contributed by atoms with E-state index in [4.69, 9.17) is 0 Å². The van der Waals surface area contributed by atoms with Crippen LogP contribution in [0.15, 0.2) is 249 Å². The van der Waals surface area contributed by atoms with Crippen molar-refractivity contribution in [1.82, 2.24) is 0 Å². The third-order valence-electron chi connectivity index (χ3n) is 15.7. The van der Waals surface area contributed by atoms with Crippen LogP contribution in [-0.2, 0) is 10.8 Å². The number of fused-ring (bicyclic) bond motifs is 8. The fourth-order valence-corrected chi connectivity index (χ4v) is 12.5. The van der Waals surface area contributed by atoms with Gasteiger partial charge in [-0.15, -0.1) is 0 Å². The van der Waals surface area contributed by atoms with Crippen LogP contribution in [0.5, 0.6) is 0 Å². The first kappa shape index (κ1) is 42.6. The van der Waals surface area contributed by atoms with Crippen LogP contribution in [0.3, 0.4) is 0 Å². The van der Waals surface area contributed by atoms with Crippen LogP contribution in [0.1, 0.15) is 81.3 Å². The molecule has 0 radical (unpaired) electrons. The average molecular weight is 908 g/mol. The summed E-state index contributed by atoms with van der Waals surface area (Å²) in [7, 11) is 0. The highest BCUT2D eigenvalue weighted by Crippen LogP contribution is 2.60. The molecule has 10 aromatic rings. The van der Waals surface area contributed by atoms with E-state index >= 15 is 0 Å². The molecule has 0 saturated heterocycles. The molecule has 0 atom stereocenters. The van der Waals surface area contributed by atoms with E-state index in [9.17, 15) is 0 Å². The first-order valence-corrected chi connectivity index (χ1v) is 25.3. The third kappa shape index (κ3) is 7.23. The fraction of sp³-hybridized carbons (Fsp3) is 0.0857. The molecule has 0 amide bonds. The molecule has 0 bridgehead atoms. The fourth-order valence-electron chi connectivity index (χ4n) is 12.5. The number of benzene rings is 10. The van der Waals surface area contributed by atoms with Gasteiger partial charge in [0.15, 0.2) is 0 Å². The van der Waals surface area contributed by atoms with Gasteiger partial charge in [-0.05, 0) is 138 Å². The van der Waals surface area contributed by atoms with Crippen molar-refractivity contribution in [2.75, 3.05) is 4.90 Å². The summed E-state index contributed by atoms with van der Waals surface area (Å²) in [4.78, 5) is 2.40. The van der Waals surface area contributed by atoms with Crippen LogP contribution in [0.2, 0.25) is 0 Å². The van der Waals surface area contributed by atoms with Gasteiger partial charge in [0.25, 0.3) is 0 Å². The molecule has 13 rings (SSSR count). The summed E-state index contributed by atoms with van der Waals surface area (Å²) in [6.07, 6.45) is 13.9. The molecule has 1 nitrogen and oxygen atoms in total. The molecule has 1 saturated carbocycles. The van der Waals surface area contributed by atoms with Gasteiger partial charge < -0.3 is 4.90 Å². The molecule has 3 aliphatic carbocycles. The molecule has 71 heavy (non-hydrogen) atoms. The van der Waals surface area contributed by atoms with Gasteiger partial charge in [-0.3, -0.25) is 0 Å². The Kier molecular flexibility index (Phi) is 10.7. The highest BCUT2D eigenvalue weighted by molar-refractivity contribution is 5.96. The first-order valence-electron chi connectivity index (χ1n) is 25.3. The summed E-state index contributed by atoms with van der Waals surface area (Å²) >= 11 is 0. The van der Waals surface area contributed by atoms with E-state index in [-0.39, 0.29) is 5.41 Å². The number of hydrogen-bond acceptors (Lipinski definition) is 1. The first-order chi connectivity index (χ1) is 35.2. The molecule has 1 spiro atoms. The molecule has 1 fully saturated rings. The number of anilines is 3. The number of rotatable bonds is 10. The van der Waals surface area contributed by atoms with Crippen LogP contribution in [0, 0.1) is 0 Å². The van der Waals surface area contributed by atoms with E-state index in [1.807, 2.05) is 0 Å². The molecule has 1 heteroatoms. The monoisotopic (exact) mass is 907 g/mol. The summed E-state index contributed by atoms with van der Waals surface area (Å²) in [5.74, 6) is 0. The van der Waals surface area contributed by atoms with Crippen LogP contribution < -0.4 is 4.90 Å². The molecule has 0 N–H and O–H groups in total. The van der Waals surface area contributed by atoms with Gasteiger partial charge in [0.1, 0.15) is 0 Å². The van der Waals surface area contributed by atoms with E-state index in [0.717, 1.165) is 0 Å². The largest absolute Gasteiger partial charge is 0.310 e. The Balaban J connectivity index is 0.741. The van der Waals surface area contributed by atoms with Crippen molar-refractivity contribution in [2.24, 2.45) is 0 Å². The Morgan fingerprint density at radius 2 is 0.761 bits per heavy atom. The number of hydrogen-bond donors (Lipinski definition) is 0. The average Bonchev–Trinajstić information content (AvgIpc) is 4.15. The topological polar surface area (TPSA) is 3.24 Å². The molecular weight excluding hydrogens is 855 g/mol. The summed E-state index contributed by atoms with van der Waals surface area (Å²) in [6.45, 7) is 0. The van der Waals surface area contributed by atoms with Crippen molar-refractivity contribution in [3.8, 4) is 33.4 Å². The SMILES string of the molecule is C(=Cc1ccc(-c2cccc3c2-c2ccccc2C3(c2ccccc2)c2ccccc2)cc1)c1ccc(C=Cc2ccc3c(c2)C2(CCCC2)c2cc(N(c4ccccc4)c4ccccc4)ccc2-3)cc1. The second-order valence-corrected chi connectivity index (χ2v) is 19.5. The summed E-state index contributed by atoms with van der Waals surface area (Å²) in [5.41, 5.74) is 24.1. The zero-order valence-corrected chi connectivity index (χ0v) is 39.8. The zero-order chi connectivity index (χ0) is 47.2. The van der Waals surface area contributed by atoms with Gasteiger partial charge in [-0.2, -0.15) is 0 Å². The molecular formula is C70H53N. The van der Waals surface area contributed by atoms with Crippen LogP contribution in [0.4, 0.5) is 17.1 Å². The Hall–Kier alpha value is -8.52. The Bertz CT molecular complexity index is 3520. The molecule has 10 aromatic carbocycles. The summed E-state index contributed by atoms with van der Waals surface area (Å²) in [6, 6.07) is 91.8. The lowest BCUT2D eigenvalue weighted by molar-refractivity contribution is 0.550. The minimum atomic E-state index is -0.410. The normalized spacial score (nSPS) is 14.6. The predicted molar refractivity (Wildman–Crippen MR) is 299 cm³/mol. The lowest BCUT2D eigenvalue weighted by Gasteiger charge is -2.34. The highest BCUT2D eigenvalue weighted by Gasteiger charge is 2.47. The lowest BCUT2D eigenvalue weighted by atomic mass is 9.67. The van der Waals surface area contributed by atoms with Crippen LogP contribution >= 0.6 is 0 Å². The van der Waals surface area contributed by atoms with E-state index in [1.165, 1.54) is 132 Å². The van der Waals surface area contributed by atoms with Gasteiger partial charge >= 0.3 is 0 Å². The van der Waals surface area contributed by atoms with Crippen molar-refractivity contribution in [1.29, 1.82) is 0 Å². The van der Waals surface area contributed by atoms with Gasteiger partial charge in [0.05, 0.1) is 5.41 Å². The van der Waals surface area contributed by atoms with E-state index in [2.05, 4.69) is 278 Å². The van der Waals surface area contributed by atoms with Gasteiger partial charge in [-0.1, -0.05) is 249 Å². The van der Waals surface area contributed by atoms with Gasteiger partial charge in [0, 0.05) is 22.5 Å². The Morgan fingerprint density at radius 3 is 1.35 bits per heavy atom. The van der Waals surface area contributed by atoms with Crippen molar-refractivity contribution in [2.45, 2.75) is 36.5 Å². The van der Waals surface area contributed by atoms with Gasteiger partial charge in [0.2, 0.25) is 0 Å². The zero-order valence-electron chi connectivity index (χ0n) is 39.8. The van der Waals surface area contributed by atoms with Crippen molar-refractivity contribution < 1.29 is 0 Å². The van der Waals surface area contributed by atoms with E-state index in [1.54, 1.807) is 0 Å². The molecule has 0 heterocycles. The quantitative estimate of drug-likeness (QED) is 0.124. The maximum Gasteiger partial charge on any atom is 0.0713 e. The summed E-state index contributed by atoms with van der Waals surface area (Å²) < 4.78 is 0. The standard InChI is InChI=1S/C70H53N/c1-5-18-55(19-6-1)70(56-20-7-2-8-21-56)64-28-14-13-26-63(64)68-60(27-17-29-65(68)70)54-41-38-52(39-42-54)35-34-50-30-32-51(33-31-50)36-37-53-40-44-61-62-45-43-59(49-67(62)69(66(61)48-53)46-15-16-47-69)71(57-22-9-3-10-23-57)58-24-11-4-12-25-58/h1-14,17-45,48-49H,15-16,46-47H2. The molecule has 338 valence electrons. The van der Waals surface area contributed by atoms with Crippen LogP contribution in [0.25, 0.3) is 57.7 Å². The van der Waals surface area contributed by atoms with Crippen molar-refractivity contribution in [3.63, 3.8) is 0 Å². The molecule has 3 aliphatic rings.